The van der Waals surface area contributed by atoms with Crippen molar-refractivity contribution in [2.45, 2.75) is 30.6 Å². The number of amides is 2. The van der Waals surface area contributed by atoms with E-state index in [0.717, 1.165) is 22.6 Å². The van der Waals surface area contributed by atoms with E-state index in [0.29, 0.717) is 24.4 Å². The van der Waals surface area contributed by atoms with Crippen molar-refractivity contribution in [2.75, 3.05) is 23.0 Å². The Kier molecular flexibility index (Phi) is 5.85. The Bertz CT molecular complexity index is 1050. The van der Waals surface area contributed by atoms with Crippen LogP contribution >= 0.6 is 11.8 Å². The van der Waals surface area contributed by atoms with Gasteiger partial charge in [-0.2, -0.15) is 0 Å². The molecule has 0 bridgehead atoms. The lowest BCUT2D eigenvalue weighted by atomic mass is 10.1. The Morgan fingerprint density at radius 2 is 1.90 bits per heavy atom. The fourth-order valence-corrected chi connectivity index (χ4v) is 3.80. The predicted octanol–water partition coefficient (Wildman–Crippen LogP) is 4.13. The molecule has 0 saturated carbocycles. The van der Waals surface area contributed by atoms with Gasteiger partial charge in [0.1, 0.15) is 0 Å². The molecule has 1 aliphatic heterocycles. The van der Waals surface area contributed by atoms with Crippen LogP contribution in [0.15, 0.2) is 57.8 Å². The second-order valence-corrected chi connectivity index (χ2v) is 7.93. The van der Waals surface area contributed by atoms with Crippen molar-refractivity contribution in [3.8, 4) is 0 Å². The highest BCUT2D eigenvalue weighted by Crippen LogP contribution is 2.32. The maximum atomic E-state index is 12.5. The van der Waals surface area contributed by atoms with Gasteiger partial charge in [0.2, 0.25) is 11.8 Å². The number of aromatic nitrogens is 2. The van der Waals surface area contributed by atoms with Crippen LogP contribution in [0.4, 0.5) is 11.7 Å². The second-order valence-electron chi connectivity index (χ2n) is 7.05. The molecule has 1 aliphatic rings. The molecule has 2 aromatic carbocycles. The molecule has 1 aromatic heterocycles. The summed E-state index contributed by atoms with van der Waals surface area (Å²) in [7, 11) is 0. The summed E-state index contributed by atoms with van der Waals surface area (Å²) in [6.45, 7) is 2.52. The van der Waals surface area contributed by atoms with Crippen LogP contribution in [-0.2, 0) is 11.2 Å². The van der Waals surface area contributed by atoms with E-state index in [1.807, 2.05) is 42.7 Å². The summed E-state index contributed by atoms with van der Waals surface area (Å²) in [6, 6.07) is 15.3. The van der Waals surface area contributed by atoms with E-state index in [4.69, 9.17) is 4.42 Å². The first kappa shape index (κ1) is 20.2. The van der Waals surface area contributed by atoms with E-state index in [2.05, 4.69) is 22.4 Å². The van der Waals surface area contributed by atoms with Crippen molar-refractivity contribution in [1.82, 2.24) is 10.2 Å². The average Bonchev–Trinajstić information content (AvgIpc) is 3.40. The van der Waals surface area contributed by atoms with E-state index >= 15 is 0 Å². The zero-order chi connectivity index (χ0) is 21.1. The molecule has 154 valence electrons. The highest BCUT2D eigenvalue weighted by Gasteiger charge is 2.35. The minimum atomic E-state index is -0.314. The first-order valence-corrected chi connectivity index (χ1v) is 11.0. The molecule has 0 aliphatic carbocycles. The monoisotopic (exact) mass is 422 g/mol. The third-order valence-electron chi connectivity index (χ3n) is 5.14. The van der Waals surface area contributed by atoms with Crippen LogP contribution in [0.3, 0.4) is 0 Å². The largest absolute Gasteiger partial charge is 0.407 e. The fraction of sp³-hybridized carbons (Fsp3) is 0.273. The van der Waals surface area contributed by atoms with Crippen molar-refractivity contribution < 1.29 is 14.0 Å². The Hall–Kier alpha value is -3.13. The van der Waals surface area contributed by atoms with Gasteiger partial charge in [0.05, 0.1) is 5.92 Å². The second kappa shape index (κ2) is 8.71. The van der Waals surface area contributed by atoms with Crippen LogP contribution in [0.1, 0.15) is 41.1 Å². The number of carbonyl (C=O) groups is 2. The summed E-state index contributed by atoms with van der Waals surface area (Å²) in [5, 5.41) is 10.6. The minimum Gasteiger partial charge on any atom is -0.407 e. The quantitative estimate of drug-likeness (QED) is 0.601. The molecule has 4 rings (SSSR count). The number of carbonyl (C=O) groups excluding carboxylic acids is 2. The Balaban J connectivity index is 1.42. The van der Waals surface area contributed by atoms with Gasteiger partial charge < -0.3 is 9.32 Å². The summed E-state index contributed by atoms with van der Waals surface area (Å²) in [5.41, 5.74) is 2.52. The third-order valence-corrected chi connectivity index (χ3v) is 5.89. The molecule has 1 fully saturated rings. The van der Waals surface area contributed by atoms with Gasteiger partial charge in [-0.15, -0.1) is 16.9 Å². The lowest BCUT2D eigenvalue weighted by Crippen LogP contribution is -2.24. The van der Waals surface area contributed by atoms with Crippen LogP contribution < -0.4 is 10.2 Å². The van der Waals surface area contributed by atoms with Crippen molar-refractivity contribution in [2.24, 2.45) is 0 Å². The number of hydrogen-bond donors (Lipinski definition) is 1. The molecule has 8 heteroatoms. The molecule has 3 aromatic rings. The average molecular weight is 423 g/mol. The number of nitrogens with zero attached hydrogens (tertiary/aromatic N) is 3. The van der Waals surface area contributed by atoms with E-state index in [-0.39, 0.29) is 23.7 Å². The van der Waals surface area contributed by atoms with Gasteiger partial charge in [-0.25, -0.2) is 0 Å². The minimum absolute atomic E-state index is 0.0108. The fourth-order valence-electron chi connectivity index (χ4n) is 3.40. The van der Waals surface area contributed by atoms with Gasteiger partial charge in [0.25, 0.3) is 5.91 Å². The molecule has 7 nitrogen and oxygen atoms in total. The zero-order valence-corrected chi connectivity index (χ0v) is 17.6. The number of rotatable bonds is 6. The number of benzene rings is 2. The summed E-state index contributed by atoms with van der Waals surface area (Å²) in [5.74, 6) is -0.162. The molecule has 0 radical (unpaired) electrons. The highest BCUT2D eigenvalue weighted by molar-refractivity contribution is 7.98. The topological polar surface area (TPSA) is 88.3 Å². The number of thioether (sulfide) groups is 1. The Morgan fingerprint density at radius 1 is 1.17 bits per heavy atom. The zero-order valence-electron chi connectivity index (χ0n) is 16.8. The molecular weight excluding hydrogens is 400 g/mol. The lowest BCUT2D eigenvalue weighted by Gasteiger charge is -2.16. The van der Waals surface area contributed by atoms with Crippen molar-refractivity contribution >= 4 is 35.3 Å². The SMILES string of the molecule is CCc1ccc(C(=O)Nc2nnc([C@H]3CC(=O)N(c4ccc(SC)cc4)C3)o2)cc1. The summed E-state index contributed by atoms with van der Waals surface area (Å²) >= 11 is 1.65. The van der Waals surface area contributed by atoms with E-state index in [9.17, 15) is 9.59 Å². The summed E-state index contributed by atoms with van der Waals surface area (Å²) in [6.07, 6.45) is 3.21. The molecule has 1 atom stereocenters. The van der Waals surface area contributed by atoms with Crippen molar-refractivity contribution in [3.05, 3.63) is 65.5 Å². The highest BCUT2D eigenvalue weighted by atomic mass is 32.2. The van der Waals surface area contributed by atoms with Crippen molar-refractivity contribution in [1.29, 1.82) is 0 Å². The predicted molar refractivity (Wildman–Crippen MR) is 116 cm³/mol. The Morgan fingerprint density at radius 3 is 2.57 bits per heavy atom. The molecule has 2 amide bonds. The van der Waals surface area contributed by atoms with Crippen molar-refractivity contribution in [3.63, 3.8) is 0 Å². The maximum Gasteiger partial charge on any atom is 0.322 e. The van der Waals surface area contributed by atoms with Gasteiger partial charge in [-0.3, -0.25) is 14.9 Å². The molecule has 0 unspecified atom stereocenters. The first-order chi connectivity index (χ1) is 14.6. The number of nitrogens with one attached hydrogen (secondary N) is 1. The molecule has 2 heterocycles. The molecule has 1 N–H and O–H groups in total. The molecule has 1 saturated heterocycles. The molecule has 30 heavy (non-hydrogen) atoms. The normalized spacial score (nSPS) is 16.1. The standard InChI is InChI=1S/C22H22N4O3S/c1-3-14-4-6-15(7-5-14)20(28)23-22-25-24-21(29-22)16-12-19(27)26(13-16)17-8-10-18(30-2)11-9-17/h4-11,16H,3,12-13H2,1-2H3,(H,23,25,28)/t16-/m0/s1. The summed E-state index contributed by atoms with van der Waals surface area (Å²) < 4.78 is 5.64. The number of aryl methyl sites for hydroxylation is 1. The van der Waals surface area contributed by atoms with E-state index in [1.54, 1.807) is 28.8 Å². The maximum absolute atomic E-state index is 12.5. The van der Waals surface area contributed by atoms with E-state index < -0.39 is 0 Å². The number of hydrogen-bond acceptors (Lipinski definition) is 6. The van der Waals surface area contributed by atoms with Crippen LogP contribution in [0.25, 0.3) is 0 Å². The third kappa shape index (κ3) is 4.23. The Labute approximate surface area is 178 Å². The van der Waals surface area contributed by atoms with Gasteiger partial charge in [0, 0.05) is 29.1 Å². The van der Waals surface area contributed by atoms with Crippen LogP contribution in [0.5, 0.6) is 0 Å². The first-order valence-electron chi connectivity index (χ1n) is 9.75. The lowest BCUT2D eigenvalue weighted by molar-refractivity contribution is -0.117. The van der Waals surface area contributed by atoms with Gasteiger partial charge in [-0.05, 0) is 54.6 Å². The van der Waals surface area contributed by atoms with Gasteiger partial charge >= 0.3 is 6.01 Å². The smallest absolute Gasteiger partial charge is 0.322 e. The van der Waals surface area contributed by atoms with Crippen LogP contribution in [0.2, 0.25) is 0 Å². The van der Waals surface area contributed by atoms with Crippen LogP contribution in [-0.4, -0.2) is 34.8 Å². The molecular formula is C22H22N4O3S. The van der Waals surface area contributed by atoms with Crippen LogP contribution in [0, 0.1) is 0 Å². The van der Waals surface area contributed by atoms with E-state index in [1.165, 1.54) is 0 Å². The number of anilines is 2. The van der Waals surface area contributed by atoms with Gasteiger partial charge in [-0.1, -0.05) is 24.2 Å². The molecule has 0 spiro atoms. The van der Waals surface area contributed by atoms with Gasteiger partial charge in [0.15, 0.2) is 0 Å². The summed E-state index contributed by atoms with van der Waals surface area (Å²) in [4.78, 5) is 27.7.